The van der Waals surface area contributed by atoms with E-state index in [-0.39, 0.29) is 12.8 Å². The van der Waals surface area contributed by atoms with Gasteiger partial charge in [-0.2, -0.15) is 0 Å². The minimum Gasteiger partial charge on any atom is -0.481 e. The number of aryl methyl sites for hydroxylation is 1. The molecule has 8 heteroatoms. The van der Waals surface area contributed by atoms with Crippen molar-refractivity contribution in [2.45, 2.75) is 12.8 Å². The van der Waals surface area contributed by atoms with Gasteiger partial charge in [0, 0.05) is 27.8 Å². The van der Waals surface area contributed by atoms with Crippen molar-refractivity contribution in [2.75, 3.05) is 10.7 Å². The molecule has 148 valence electrons. The van der Waals surface area contributed by atoms with Crippen LogP contribution in [0.5, 0.6) is 0 Å². The number of nitrogens with one attached hydrogen (secondary N) is 2. The Balaban J connectivity index is 1.82. The topological polar surface area (TPSA) is 100 Å². The fraction of sp³-hybridized carbons (Fsp3) is 0.0952. The number of hydrogen-bond acceptors (Lipinski definition) is 3. The number of halogens is 1. The molecule has 2 amide bonds. The van der Waals surface area contributed by atoms with Gasteiger partial charge in [0.2, 0.25) is 0 Å². The molecule has 3 aromatic rings. The minimum atomic E-state index is -0.946. The number of hydrogen-bond donors (Lipinski definition) is 3. The molecule has 0 saturated heterocycles. The molecule has 3 N–H and O–H groups in total. The molecule has 29 heavy (non-hydrogen) atoms. The van der Waals surface area contributed by atoms with Gasteiger partial charge < -0.3 is 10.4 Å². The van der Waals surface area contributed by atoms with Gasteiger partial charge in [-0.25, -0.2) is 0 Å². The largest absolute Gasteiger partial charge is 0.481 e. The third-order valence-corrected chi connectivity index (χ3v) is 4.68. The lowest BCUT2D eigenvalue weighted by Crippen LogP contribution is -2.35. The molecule has 0 bridgehead atoms. The van der Waals surface area contributed by atoms with Crippen LogP contribution in [0.25, 0.3) is 11.3 Å². The summed E-state index contributed by atoms with van der Waals surface area (Å²) in [6.45, 7) is 0. The number of carbonyl (C=O) groups is 3. The van der Waals surface area contributed by atoms with Crippen molar-refractivity contribution in [1.29, 1.82) is 0 Å². The van der Waals surface area contributed by atoms with Crippen LogP contribution in [0.4, 0.5) is 5.69 Å². The number of benzene rings is 2. The highest BCUT2D eigenvalue weighted by molar-refractivity contribution is 9.10. The van der Waals surface area contributed by atoms with Crippen LogP contribution in [-0.2, 0) is 20.8 Å². The van der Waals surface area contributed by atoms with Gasteiger partial charge in [0.25, 0.3) is 0 Å². The number of rotatable bonds is 6. The number of amides is 2. The van der Waals surface area contributed by atoms with Crippen molar-refractivity contribution in [3.63, 3.8) is 0 Å². The number of nitrogens with zero attached hydrogens (tertiary/aromatic N) is 1. The molecule has 0 atom stereocenters. The molecule has 1 heterocycles. The molecule has 0 fully saturated rings. The van der Waals surface area contributed by atoms with Crippen LogP contribution < -0.4 is 10.7 Å². The lowest BCUT2D eigenvalue weighted by atomic mass is 10.2. The molecule has 0 aliphatic carbocycles. The number of anilines is 1. The Morgan fingerprint density at radius 2 is 1.59 bits per heavy atom. The van der Waals surface area contributed by atoms with Gasteiger partial charge in [0.1, 0.15) is 0 Å². The SMILES string of the molecule is O=C(O)CCc1ccc(-c2ccccc2)n1NC(=O)C(=O)Nc1ccc(Br)cc1. The van der Waals surface area contributed by atoms with Crippen LogP contribution in [0.1, 0.15) is 12.1 Å². The van der Waals surface area contributed by atoms with E-state index in [9.17, 15) is 14.4 Å². The van der Waals surface area contributed by atoms with Crippen molar-refractivity contribution in [2.24, 2.45) is 0 Å². The van der Waals surface area contributed by atoms with Gasteiger partial charge in [0.15, 0.2) is 0 Å². The standard InChI is InChI=1S/C21H18BrN3O4/c22-15-6-8-16(9-7-15)23-20(28)21(29)24-25-17(11-13-19(26)27)10-12-18(25)14-4-2-1-3-5-14/h1-10,12H,11,13H2,(H,23,28)(H,24,29)(H,26,27). The molecule has 0 radical (unpaired) electrons. The van der Waals surface area contributed by atoms with Gasteiger partial charge in [0.05, 0.1) is 12.1 Å². The number of aromatic nitrogens is 1. The Bertz CT molecular complexity index is 1030. The van der Waals surface area contributed by atoms with E-state index in [0.717, 1.165) is 10.0 Å². The molecular formula is C21H18BrN3O4. The highest BCUT2D eigenvalue weighted by atomic mass is 79.9. The summed E-state index contributed by atoms with van der Waals surface area (Å²) in [6.07, 6.45) is 0.107. The molecule has 0 aliphatic rings. The van der Waals surface area contributed by atoms with E-state index < -0.39 is 17.8 Å². The lowest BCUT2D eigenvalue weighted by molar-refractivity contribution is -0.137. The summed E-state index contributed by atoms with van der Waals surface area (Å²) >= 11 is 3.31. The van der Waals surface area contributed by atoms with Crippen molar-refractivity contribution in [1.82, 2.24) is 4.68 Å². The quantitative estimate of drug-likeness (QED) is 0.493. The summed E-state index contributed by atoms with van der Waals surface area (Å²) in [5.41, 5.74) is 5.11. The molecular weight excluding hydrogens is 438 g/mol. The Morgan fingerprint density at radius 3 is 2.24 bits per heavy atom. The Labute approximate surface area is 175 Å². The van der Waals surface area contributed by atoms with Crippen LogP contribution in [0, 0.1) is 0 Å². The van der Waals surface area contributed by atoms with Gasteiger partial charge in [-0.3, -0.25) is 24.5 Å². The average molecular weight is 456 g/mol. The van der Waals surface area contributed by atoms with Gasteiger partial charge in [-0.1, -0.05) is 46.3 Å². The number of carboxylic acid groups (broad SMARTS) is 1. The van der Waals surface area contributed by atoms with Gasteiger partial charge in [-0.05, 0) is 36.4 Å². The molecule has 0 unspecified atom stereocenters. The Morgan fingerprint density at radius 1 is 0.897 bits per heavy atom. The maximum atomic E-state index is 12.5. The maximum absolute atomic E-state index is 12.5. The third-order valence-electron chi connectivity index (χ3n) is 4.15. The monoisotopic (exact) mass is 455 g/mol. The summed E-state index contributed by atoms with van der Waals surface area (Å²) in [5.74, 6) is -2.64. The summed E-state index contributed by atoms with van der Waals surface area (Å²) < 4.78 is 2.31. The lowest BCUT2D eigenvalue weighted by Gasteiger charge is -2.15. The van der Waals surface area contributed by atoms with E-state index in [4.69, 9.17) is 5.11 Å². The van der Waals surface area contributed by atoms with E-state index in [1.807, 2.05) is 30.3 Å². The molecule has 0 saturated carbocycles. The first-order chi connectivity index (χ1) is 13.9. The predicted molar refractivity (Wildman–Crippen MR) is 113 cm³/mol. The molecule has 0 aliphatic heterocycles. The summed E-state index contributed by atoms with van der Waals surface area (Å²) in [5, 5.41) is 11.5. The van der Waals surface area contributed by atoms with E-state index >= 15 is 0 Å². The van der Waals surface area contributed by atoms with Crippen molar-refractivity contribution >= 4 is 39.4 Å². The summed E-state index contributed by atoms with van der Waals surface area (Å²) in [6, 6.07) is 19.6. The highest BCUT2D eigenvalue weighted by Gasteiger charge is 2.18. The zero-order valence-corrected chi connectivity index (χ0v) is 16.8. The molecule has 2 aromatic carbocycles. The average Bonchev–Trinajstić information content (AvgIpc) is 3.11. The first kappa shape index (κ1) is 20.3. The second-order valence-electron chi connectivity index (χ2n) is 6.21. The van der Waals surface area contributed by atoms with Gasteiger partial charge >= 0.3 is 17.8 Å². The second kappa shape index (κ2) is 9.20. The van der Waals surface area contributed by atoms with E-state index in [0.29, 0.717) is 17.1 Å². The normalized spacial score (nSPS) is 10.4. The summed E-state index contributed by atoms with van der Waals surface area (Å²) in [4.78, 5) is 35.7. The van der Waals surface area contributed by atoms with Crippen LogP contribution in [0.15, 0.2) is 71.2 Å². The zero-order valence-electron chi connectivity index (χ0n) is 15.3. The smallest absolute Gasteiger partial charge is 0.328 e. The van der Waals surface area contributed by atoms with Crippen molar-refractivity contribution in [3.8, 4) is 11.3 Å². The third kappa shape index (κ3) is 5.32. The number of carboxylic acids is 1. The zero-order chi connectivity index (χ0) is 20.8. The number of aliphatic carboxylic acids is 1. The van der Waals surface area contributed by atoms with Crippen LogP contribution >= 0.6 is 15.9 Å². The Hall–Kier alpha value is -3.39. The number of carbonyl (C=O) groups excluding carboxylic acids is 2. The van der Waals surface area contributed by atoms with Gasteiger partial charge in [-0.15, -0.1) is 0 Å². The van der Waals surface area contributed by atoms with E-state index in [2.05, 4.69) is 26.7 Å². The van der Waals surface area contributed by atoms with E-state index in [1.54, 1.807) is 36.4 Å². The fourth-order valence-corrected chi connectivity index (χ4v) is 3.01. The van der Waals surface area contributed by atoms with Crippen molar-refractivity contribution < 1.29 is 19.5 Å². The fourth-order valence-electron chi connectivity index (χ4n) is 2.75. The molecule has 1 aromatic heterocycles. The van der Waals surface area contributed by atoms with E-state index in [1.165, 1.54) is 4.68 Å². The predicted octanol–water partition coefficient (Wildman–Crippen LogP) is 3.64. The minimum absolute atomic E-state index is 0.0980. The highest BCUT2D eigenvalue weighted by Crippen LogP contribution is 2.22. The molecule has 3 rings (SSSR count). The molecule has 0 spiro atoms. The first-order valence-corrected chi connectivity index (χ1v) is 9.59. The van der Waals surface area contributed by atoms with Crippen LogP contribution in [0.3, 0.4) is 0 Å². The van der Waals surface area contributed by atoms with Crippen LogP contribution in [-0.4, -0.2) is 27.6 Å². The molecule has 7 nitrogen and oxygen atoms in total. The second-order valence-corrected chi connectivity index (χ2v) is 7.12. The van der Waals surface area contributed by atoms with Crippen LogP contribution in [0.2, 0.25) is 0 Å². The maximum Gasteiger partial charge on any atom is 0.328 e. The Kier molecular flexibility index (Phi) is 6.46. The first-order valence-electron chi connectivity index (χ1n) is 8.80. The summed E-state index contributed by atoms with van der Waals surface area (Å²) in [7, 11) is 0. The van der Waals surface area contributed by atoms with Crippen molar-refractivity contribution in [3.05, 3.63) is 76.9 Å².